The zero-order valence-corrected chi connectivity index (χ0v) is 24.5. The number of aliphatic hydroxyl groups is 1. The molecule has 4 aliphatic heterocycles. The van der Waals surface area contributed by atoms with Gasteiger partial charge in [-0.1, -0.05) is 37.1 Å². The molecule has 40 heavy (non-hydrogen) atoms. The summed E-state index contributed by atoms with van der Waals surface area (Å²) in [5.74, 6) is -0.625. The minimum atomic E-state index is -0.792. The number of fused-ring (bicyclic) bond motifs is 2. The number of rotatable bonds is 10. The van der Waals surface area contributed by atoms with Crippen LogP contribution in [-0.4, -0.2) is 87.6 Å². The maximum Gasteiger partial charge on any atom is 0.247 e. The number of benzene rings is 1. The van der Waals surface area contributed by atoms with Gasteiger partial charge in [0.2, 0.25) is 17.7 Å². The highest BCUT2D eigenvalue weighted by Crippen LogP contribution is 2.61. The molecule has 1 aromatic carbocycles. The molecule has 2 saturated heterocycles. The summed E-state index contributed by atoms with van der Waals surface area (Å²) in [5, 5.41) is 8.97. The average molecular weight is 568 g/mol. The highest BCUT2D eigenvalue weighted by atomic mass is 32.2. The predicted octanol–water partition coefficient (Wildman–Crippen LogP) is 3.65. The lowest BCUT2D eigenvalue weighted by molar-refractivity contribution is -0.143. The van der Waals surface area contributed by atoms with E-state index in [1.165, 1.54) is 0 Å². The van der Waals surface area contributed by atoms with Crippen LogP contribution in [0.4, 0.5) is 5.69 Å². The highest BCUT2D eigenvalue weighted by Gasteiger charge is 2.71. The Balaban J connectivity index is 1.49. The molecule has 5 atom stereocenters. The standard InChI is InChI=1S/C31H41N3O5S/c1-4-39-23-14-12-22(13-15-23)33-18-9-11-24-25(28(33)36)26-29(37)34(17-7-5-6-8-20-35)27-30(38)32(21(2)3)19-10-16-31(26,27)40-24/h9-16,21,24-27,35H,4-8,17-20H2,1-3H3/t24-,25+,26-,27?,31-/m0/s1. The van der Waals surface area contributed by atoms with Gasteiger partial charge in [0.05, 0.1) is 23.2 Å². The van der Waals surface area contributed by atoms with E-state index < -0.39 is 22.6 Å². The van der Waals surface area contributed by atoms with Crippen LogP contribution in [0.3, 0.4) is 0 Å². The number of carbonyl (C=O) groups excluding carboxylic acids is 3. The van der Waals surface area contributed by atoms with Gasteiger partial charge in [-0.05, 0) is 57.9 Å². The molecule has 9 heteroatoms. The third-order valence-corrected chi connectivity index (χ3v) is 10.3. The lowest BCUT2D eigenvalue weighted by Gasteiger charge is -2.36. The number of ether oxygens (including phenoxy) is 1. The summed E-state index contributed by atoms with van der Waals surface area (Å²) < 4.78 is 4.79. The Kier molecular flexibility index (Phi) is 8.61. The van der Waals surface area contributed by atoms with Crippen molar-refractivity contribution in [2.75, 3.05) is 37.7 Å². The monoisotopic (exact) mass is 567 g/mol. The summed E-state index contributed by atoms with van der Waals surface area (Å²) in [7, 11) is 0. The number of likely N-dealkylation sites (tertiary alicyclic amines) is 1. The number of thioether (sulfide) groups is 1. The highest BCUT2D eigenvalue weighted by molar-refractivity contribution is 8.02. The van der Waals surface area contributed by atoms with Gasteiger partial charge >= 0.3 is 0 Å². The van der Waals surface area contributed by atoms with Crippen molar-refractivity contribution in [3.63, 3.8) is 0 Å². The van der Waals surface area contributed by atoms with E-state index in [-0.39, 0.29) is 35.6 Å². The number of carbonyl (C=O) groups is 3. The molecular formula is C31H41N3O5S. The Morgan fingerprint density at radius 1 is 1.00 bits per heavy atom. The number of unbranched alkanes of at least 4 members (excludes halogenated alkanes) is 3. The number of aliphatic hydroxyl groups excluding tert-OH is 1. The van der Waals surface area contributed by atoms with Crippen molar-refractivity contribution in [1.29, 1.82) is 0 Å². The van der Waals surface area contributed by atoms with Crippen molar-refractivity contribution < 1.29 is 24.2 Å². The first kappa shape index (κ1) is 28.7. The molecule has 1 spiro atoms. The molecule has 0 aliphatic carbocycles. The molecule has 4 aliphatic rings. The van der Waals surface area contributed by atoms with Crippen LogP contribution in [0, 0.1) is 11.8 Å². The fourth-order valence-electron chi connectivity index (χ4n) is 6.73. The van der Waals surface area contributed by atoms with Crippen LogP contribution in [0.25, 0.3) is 0 Å². The molecule has 1 N–H and O–H groups in total. The summed E-state index contributed by atoms with van der Waals surface area (Å²) in [6.07, 6.45) is 11.4. The largest absolute Gasteiger partial charge is 0.494 e. The maximum atomic E-state index is 14.3. The van der Waals surface area contributed by atoms with Gasteiger partial charge in [0.1, 0.15) is 11.8 Å². The molecule has 1 aromatic rings. The molecule has 0 radical (unpaired) electrons. The average Bonchev–Trinajstić information content (AvgIpc) is 3.24. The van der Waals surface area contributed by atoms with E-state index in [1.807, 2.05) is 62.1 Å². The second kappa shape index (κ2) is 12.0. The minimum Gasteiger partial charge on any atom is -0.494 e. The molecule has 0 saturated carbocycles. The number of anilines is 1. The molecule has 0 bridgehead atoms. The second-order valence-corrected chi connectivity index (χ2v) is 12.8. The third-order valence-electron chi connectivity index (χ3n) is 8.58. The van der Waals surface area contributed by atoms with Crippen molar-refractivity contribution >= 4 is 35.2 Å². The van der Waals surface area contributed by atoms with E-state index in [4.69, 9.17) is 9.84 Å². The van der Waals surface area contributed by atoms with Crippen LogP contribution in [-0.2, 0) is 14.4 Å². The van der Waals surface area contributed by atoms with Crippen molar-refractivity contribution in [2.24, 2.45) is 11.8 Å². The van der Waals surface area contributed by atoms with Gasteiger partial charge in [-0.15, -0.1) is 11.8 Å². The van der Waals surface area contributed by atoms with Crippen molar-refractivity contribution in [3.8, 4) is 5.75 Å². The summed E-state index contributed by atoms with van der Waals surface area (Å²) in [6.45, 7) is 8.07. The van der Waals surface area contributed by atoms with E-state index in [0.29, 0.717) is 26.2 Å². The quantitative estimate of drug-likeness (QED) is 0.343. The van der Waals surface area contributed by atoms with Crippen LogP contribution >= 0.6 is 11.8 Å². The Hall–Kier alpha value is -2.78. The molecule has 2 fully saturated rings. The predicted molar refractivity (Wildman–Crippen MR) is 157 cm³/mol. The summed E-state index contributed by atoms with van der Waals surface area (Å²) in [6, 6.07) is 6.88. The maximum absolute atomic E-state index is 14.3. The SMILES string of the molecule is CCOc1ccc(N2CC=C[C@@H]3S[C@]45C=CCN(C(C)C)C(=O)C4N(CCCCCCO)C(=O)[C@@H]5[C@@H]3C2=O)cc1. The molecule has 8 nitrogen and oxygen atoms in total. The Morgan fingerprint density at radius 3 is 2.45 bits per heavy atom. The van der Waals surface area contributed by atoms with Gasteiger partial charge in [0, 0.05) is 43.2 Å². The van der Waals surface area contributed by atoms with Gasteiger partial charge in [0.25, 0.3) is 0 Å². The molecule has 1 unspecified atom stereocenters. The number of hydrogen-bond acceptors (Lipinski definition) is 6. The van der Waals surface area contributed by atoms with E-state index in [0.717, 1.165) is 37.1 Å². The number of hydrogen-bond donors (Lipinski definition) is 1. The summed E-state index contributed by atoms with van der Waals surface area (Å²) in [5.41, 5.74) is 0.769. The third kappa shape index (κ3) is 4.96. The molecule has 0 aromatic heterocycles. The van der Waals surface area contributed by atoms with Crippen molar-refractivity contribution in [3.05, 3.63) is 48.6 Å². The lowest BCUT2D eigenvalue weighted by atomic mass is 9.78. The first-order valence-corrected chi connectivity index (χ1v) is 15.5. The summed E-state index contributed by atoms with van der Waals surface area (Å²) >= 11 is 1.62. The zero-order valence-electron chi connectivity index (χ0n) is 23.7. The number of nitrogens with zero attached hydrogens (tertiary/aromatic N) is 3. The van der Waals surface area contributed by atoms with Gasteiger partial charge < -0.3 is 24.5 Å². The van der Waals surface area contributed by atoms with Gasteiger partial charge in [-0.25, -0.2) is 0 Å². The van der Waals surface area contributed by atoms with Gasteiger partial charge in [-0.3, -0.25) is 14.4 Å². The number of amides is 3. The molecule has 3 amide bonds. The molecule has 216 valence electrons. The van der Waals surface area contributed by atoms with Gasteiger partial charge in [0.15, 0.2) is 0 Å². The normalized spacial score (nSPS) is 29.5. The minimum absolute atomic E-state index is 0.00131. The fraction of sp³-hybridized carbons (Fsp3) is 0.581. The summed E-state index contributed by atoms with van der Waals surface area (Å²) in [4.78, 5) is 48.2. The van der Waals surface area contributed by atoms with Crippen LogP contribution in [0.5, 0.6) is 5.75 Å². The Bertz CT molecular complexity index is 1170. The lowest BCUT2D eigenvalue weighted by Crippen LogP contribution is -2.54. The topological polar surface area (TPSA) is 90.4 Å². The molecule has 5 rings (SSSR count). The van der Waals surface area contributed by atoms with Crippen LogP contribution in [0.2, 0.25) is 0 Å². The Morgan fingerprint density at radius 2 is 1.75 bits per heavy atom. The fourth-order valence-corrected chi connectivity index (χ4v) is 8.73. The zero-order chi connectivity index (χ0) is 28.4. The smallest absolute Gasteiger partial charge is 0.247 e. The van der Waals surface area contributed by atoms with E-state index >= 15 is 0 Å². The molecule has 4 heterocycles. The van der Waals surface area contributed by atoms with Crippen molar-refractivity contribution in [1.82, 2.24) is 9.80 Å². The first-order chi connectivity index (χ1) is 19.3. The van der Waals surface area contributed by atoms with Crippen LogP contribution in [0.15, 0.2) is 48.6 Å². The van der Waals surface area contributed by atoms with Crippen LogP contribution < -0.4 is 9.64 Å². The van der Waals surface area contributed by atoms with E-state index in [1.54, 1.807) is 21.6 Å². The van der Waals surface area contributed by atoms with Gasteiger partial charge in [-0.2, -0.15) is 0 Å². The second-order valence-electron chi connectivity index (χ2n) is 11.3. The first-order valence-electron chi connectivity index (χ1n) is 14.6. The van der Waals surface area contributed by atoms with E-state index in [2.05, 4.69) is 12.2 Å². The van der Waals surface area contributed by atoms with E-state index in [9.17, 15) is 14.4 Å². The Labute approximate surface area is 241 Å². The van der Waals surface area contributed by atoms with Crippen LogP contribution in [0.1, 0.15) is 46.5 Å². The van der Waals surface area contributed by atoms with Crippen molar-refractivity contribution in [2.45, 2.75) is 68.5 Å². The molecular weight excluding hydrogens is 526 g/mol.